The highest BCUT2D eigenvalue weighted by Gasteiger charge is 2.08. The first-order chi connectivity index (χ1) is 14.2. The van der Waals surface area contributed by atoms with E-state index in [1.54, 1.807) is 19.0 Å². The zero-order chi connectivity index (χ0) is 22.7. The first-order valence-corrected chi connectivity index (χ1v) is 10.9. The topological polar surface area (TPSA) is 85.5 Å². The lowest BCUT2D eigenvalue weighted by molar-refractivity contribution is 0.377. The van der Waals surface area contributed by atoms with Crippen LogP contribution in [0.4, 0.5) is 17.8 Å². The Balaban J connectivity index is 3.28. The van der Waals surface area contributed by atoms with Crippen molar-refractivity contribution in [1.29, 1.82) is 0 Å². The van der Waals surface area contributed by atoms with Crippen LogP contribution < -0.4 is 0 Å². The van der Waals surface area contributed by atoms with Crippen LogP contribution in [-0.2, 0) is 0 Å². The van der Waals surface area contributed by atoms with Crippen LogP contribution >= 0.6 is 0 Å². The maximum absolute atomic E-state index is 4.45. The summed E-state index contributed by atoms with van der Waals surface area (Å²) in [4.78, 5) is 32.8. The molecule has 0 aliphatic carbocycles. The average molecular weight is 418 g/mol. The van der Waals surface area contributed by atoms with E-state index in [2.05, 4.69) is 107 Å². The Morgan fingerprint density at radius 1 is 0.567 bits per heavy atom. The summed E-state index contributed by atoms with van der Waals surface area (Å²) < 4.78 is 0. The largest absolute Gasteiger partial charge is 0.360 e. The van der Waals surface area contributed by atoms with Crippen LogP contribution in [0.15, 0.2) is 15.0 Å². The summed E-state index contributed by atoms with van der Waals surface area (Å²) in [5.74, 6) is 0.885. The summed E-state index contributed by atoms with van der Waals surface area (Å²) >= 11 is 0. The van der Waals surface area contributed by atoms with Gasteiger partial charge in [-0.1, -0.05) is 0 Å². The molecule has 0 radical (unpaired) electrons. The standard InChI is InChI=1S/C21H39N9/c1-10-28(16(4)5)13-22-19-25-20(23-14-29(11-2)17(6)7)27-21(26-19)24-15-30(12-3)18(8)9/h13-18H,10-12H2,1-9H3. The fourth-order valence-corrected chi connectivity index (χ4v) is 2.63. The molecule has 168 valence electrons. The van der Waals surface area contributed by atoms with Gasteiger partial charge in [-0.25, -0.2) is 15.0 Å². The van der Waals surface area contributed by atoms with Gasteiger partial charge in [0.05, 0.1) is 19.0 Å². The molecule has 0 aromatic carbocycles. The van der Waals surface area contributed by atoms with Crippen molar-refractivity contribution in [2.45, 2.75) is 80.4 Å². The molecule has 1 aromatic heterocycles. The summed E-state index contributed by atoms with van der Waals surface area (Å²) in [6.45, 7) is 21.5. The van der Waals surface area contributed by atoms with Gasteiger partial charge in [0.25, 0.3) is 17.8 Å². The van der Waals surface area contributed by atoms with E-state index in [0.717, 1.165) is 19.6 Å². The number of rotatable bonds is 12. The Kier molecular flexibility index (Phi) is 10.9. The molecule has 0 unspecified atom stereocenters. The van der Waals surface area contributed by atoms with Crippen LogP contribution in [0.5, 0.6) is 0 Å². The number of aliphatic imine (C=N–C) groups is 3. The van der Waals surface area contributed by atoms with E-state index in [9.17, 15) is 0 Å². The minimum atomic E-state index is 0.295. The van der Waals surface area contributed by atoms with Crippen LogP contribution in [0.2, 0.25) is 0 Å². The van der Waals surface area contributed by atoms with E-state index in [4.69, 9.17) is 0 Å². The molecule has 0 saturated heterocycles. The third-order valence-electron chi connectivity index (χ3n) is 4.65. The van der Waals surface area contributed by atoms with Crippen molar-refractivity contribution in [2.75, 3.05) is 19.6 Å². The van der Waals surface area contributed by atoms with E-state index in [1.807, 2.05) is 0 Å². The Labute approximate surface area is 182 Å². The van der Waals surface area contributed by atoms with E-state index >= 15 is 0 Å². The molecule has 0 saturated carbocycles. The van der Waals surface area contributed by atoms with Crippen LogP contribution in [0.3, 0.4) is 0 Å². The van der Waals surface area contributed by atoms with Gasteiger partial charge in [-0.2, -0.15) is 15.0 Å². The van der Waals surface area contributed by atoms with Crippen molar-refractivity contribution in [2.24, 2.45) is 15.0 Å². The number of nitrogens with zero attached hydrogens (tertiary/aromatic N) is 9. The fourth-order valence-electron chi connectivity index (χ4n) is 2.63. The quantitative estimate of drug-likeness (QED) is 0.377. The van der Waals surface area contributed by atoms with Crippen LogP contribution in [0, 0.1) is 0 Å². The molecule has 1 heterocycles. The molecule has 0 bridgehead atoms. The monoisotopic (exact) mass is 417 g/mol. The van der Waals surface area contributed by atoms with E-state index < -0.39 is 0 Å². The van der Waals surface area contributed by atoms with Gasteiger partial charge in [0.1, 0.15) is 0 Å². The van der Waals surface area contributed by atoms with Gasteiger partial charge in [0.2, 0.25) is 0 Å². The maximum atomic E-state index is 4.45. The van der Waals surface area contributed by atoms with Crippen molar-refractivity contribution in [3.05, 3.63) is 0 Å². The van der Waals surface area contributed by atoms with Gasteiger partial charge in [0, 0.05) is 37.8 Å². The van der Waals surface area contributed by atoms with Crippen molar-refractivity contribution >= 4 is 36.9 Å². The van der Waals surface area contributed by atoms with Gasteiger partial charge < -0.3 is 14.7 Å². The summed E-state index contributed by atoms with van der Waals surface area (Å²) in [5.41, 5.74) is 0. The van der Waals surface area contributed by atoms with Crippen LogP contribution in [0.1, 0.15) is 62.3 Å². The summed E-state index contributed by atoms with van der Waals surface area (Å²) in [6.07, 6.45) is 5.29. The lowest BCUT2D eigenvalue weighted by Crippen LogP contribution is -2.29. The molecular weight excluding hydrogens is 378 g/mol. The zero-order valence-electron chi connectivity index (χ0n) is 20.1. The predicted molar refractivity (Wildman–Crippen MR) is 127 cm³/mol. The van der Waals surface area contributed by atoms with Gasteiger partial charge in [-0.3, -0.25) is 0 Å². The lowest BCUT2D eigenvalue weighted by Gasteiger charge is -2.21. The lowest BCUT2D eigenvalue weighted by atomic mass is 10.3. The molecule has 0 aliphatic rings. The third kappa shape index (κ3) is 8.42. The van der Waals surface area contributed by atoms with Gasteiger partial charge >= 0.3 is 0 Å². The average Bonchev–Trinajstić information content (AvgIpc) is 2.68. The summed E-state index contributed by atoms with van der Waals surface area (Å²) in [6, 6.07) is 1.01. The minimum Gasteiger partial charge on any atom is -0.360 e. The highest BCUT2D eigenvalue weighted by Crippen LogP contribution is 2.16. The minimum absolute atomic E-state index is 0.295. The molecule has 0 fully saturated rings. The van der Waals surface area contributed by atoms with Gasteiger partial charge in [-0.15, -0.1) is 0 Å². The van der Waals surface area contributed by atoms with Crippen molar-refractivity contribution < 1.29 is 0 Å². The first-order valence-electron chi connectivity index (χ1n) is 10.9. The normalized spacial score (nSPS) is 12.4. The smallest absolute Gasteiger partial charge is 0.257 e. The molecule has 0 spiro atoms. The molecule has 0 amide bonds. The zero-order valence-corrected chi connectivity index (χ0v) is 20.1. The van der Waals surface area contributed by atoms with Crippen molar-refractivity contribution in [3.8, 4) is 0 Å². The second-order valence-corrected chi connectivity index (χ2v) is 7.74. The number of hydrogen-bond acceptors (Lipinski definition) is 6. The molecule has 9 nitrogen and oxygen atoms in total. The number of hydrogen-bond donors (Lipinski definition) is 0. The number of aromatic nitrogens is 3. The second kappa shape index (κ2) is 12.9. The van der Waals surface area contributed by atoms with Gasteiger partial charge in [0.15, 0.2) is 0 Å². The van der Waals surface area contributed by atoms with Crippen molar-refractivity contribution in [1.82, 2.24) is 29.7 Å². The molecule has 0 atom stereocenters. The summed E-state index contributed by atoms with van der Waals surface area (Å²) in [7, 11) is 0. The van der Waals surface area contributed by atoms with Gasteiger partial charge in [-0.05, 0) is 62.3 Å². The third-order valence-corrected chi connectivity index (χ3v) is 4.65. The molecule has 0 N–H and O–H groups in total. The molecule has 30 heavy (non-hydrogen) atoms. The highest BCUT2D eigenvalue weighted by molar-refractivity contribution is 5.63. The highest BCUT2D eigenvalue weighted by atomic mass is 15.3. The van der Waals surface area contributed by atoms with E-state index in [0.29, 0.717) is 36.0 Å². The fraction of sp³-hybridized carbons (Fsp3) is 0.714. The Morgan fingerprint density at radius 3 is 0.967 bits per heavy atom. The molecule has 0 aliphatic heterocycles. The molecule has 1 rings (SSSR count). The maximum Gasteiger partial charge on any atom is 0.257 e. The molecular formula is C21H39N9. The predicted octanol–water partition coefficient (Wildman–Crippen LogP) is 4.04. The second-order valence-electron chi connectivity index (χ2n) is 7.74. The summed E-state index contributed by atoms with van der Waals surface area (Å²) in [5, 5.41) is 0. The van der Waals surface area contributed by atoms with Crippen molar-refractivity contribution in [3.63, 3.8) is 0 Å². The van der Waals surface area contributed by atoms with E-state index in [-0.39, 0.29) is 0 Å². The Morgan fingerprint density at radius 2 is 0.800 bits per heavy atom. The molecule has 1 aromatic rings. The first kappa shape index (κ1) is 25.5. The Bertz CT molecular complexity index is 603. The SMILES string of the molecule is CCN(C=Nc1nc(N=CN(CC)C(C)C)nc(N=CN(CC)C(C)C)n1)C(C)C. The Hall–Kier alpha value is -2.58. The van der Waals surface area contributed by atoms with E-state index in [1.165, 1.54) is 0 Å². The molecule has 9 heteroatoms. The van der Waals surface area contributed by atoms with Crippen LogP contribution in [-0.4, -0.2) is 86.4 Å². The van der Waals surface area contributed by atoms with Crippen LogP contribution in [0.25, 0.3) is 0 Å².